The number of hydrazine groups is 1. The van der Waals surface area contributed by atoms with E-state index in [9.17, 15) is 4.79 Å². The molecule has 1 aliphatic rings. The van der Waals surface area contributed by atoms with E-state index in [-0.39, 0.29) is 5.91 Å². The molecule has 0 saturated heterocycles. The Morgan fingerprint density at radius 3 is 2.60 bits per heavy atom. The fourth-order valence-electron chi connectivity index (χ4n) is 2.85. The standard InChI is InChI=1S/C20H23N3O2/c1-25-19-10-6-5-9-18(19)20(24)22-21-17-11-13-23(14-12-17)15-16-7-3-2-4-8-16/h2-11,21H,12-15H2,1H3,(H,22,24). The minimum Gasteiger partial charge on any atom is -0.496 e. The largest absolute Gasteiger partial charge is 0.496 e. The van der Waals surface area contributed by atoms with E-state index in [0.29, 0.717) is 11.3 Å². The lowest BCUT2D eigenvalue weighted by Crippen LogP contribution is -2.40. The molecule has 5 heteroatoms. The number of amides is 1. The molecule has 5 nitrogen and oxygen atoms in total. The first-order valence-corrected chi connectivity index (χ1v) is 8.41. The van der Waals surface area contributed by atoms with Crippen molar-refractivity contribution in [3.63, 3.8) is 0 Å². The molecule has 0 atom stereocenters. The number of carbonyl (C=O) groups excluding carboxylic acids is 1. The predicted molar refractivity (Wildman–Crippen MR) is 98.0 cm³/mol. The van der Waals surface area contributed by atoms with E-state index >= 15 is 0 Å². The number of rotatable bonds is 6. The molecule has 0 spiro atoms. The second kappa shape index (κ2) is 8.35. The van der Waals surface area contributed by atoms with Gasteiger partial charge in [0.05, 0.1) is 12.7 Å². The van der Waals surface area contributed by atoms with Gasteiger partial charge in [-0.05, 0) is 23.8 Å². The zero-order valence-corrected chi connectivity index (χ0v) is 14.4. The summed E-state index contributed by atoms with van der Waals surface area (Å²) in [7, 11) is 1.56. The van der Waals surface area contributed by atoms with Crippen LogP contribution in [0.15, 0.2) is 66.4 Å². The van der Waals surface area contributed by atoms with E-state index in [1.807, 2.05) is 18.2 Å². The number of methoxy groups -OCH3 is 1. The van der Waals surface area contributed by atoms with Crippen LogP contribution in [0.4, 0.5) is 0 Å². The summed E-state index contributed by atoms with van der Waals surface area (Å²) < 4.78 is 5.22. The Morgan fingerprint density at radius 2 is 1.88 bits per heavy atom. The first kappa shape index (κ1) is 17.0. The van der Waals surface area contributed by atoms with Gasteiger partial charge in [-0.3, -0.25) is 15.1 Å². The highest BCUT2D eigenvalue weighted by atomic mass is 16.5. The second-order valence-electron chi connectivity index (χ2n) is 5.98. The summed E-state index contributed by atoms with van der Waals surface area (Å²) in [5.41, 5.74) is 8.65. The Bertz CT molecular complexity index is 744. The monoisotopic (exact) mass is 337 g/mol. The molecule has 2 aromatic carbocycles. The van der Waals surface area contributed by atoms with Gasteiger partial charge in [-0.1, -0.05) is 42.5 Å². The van der Waals surface area contributed by atoms with Gasteiger partial charge >= 0.3 is 0 Å². The summed E-state index contributed by atoms with van der Waals surface area (Å²) in [4.78, 5) is 14.7. The van der Waals surface area contributed by atoms with Gasteiger partial charge in [0.25, 0.3) is 5.91 Å². The van der Waals surface area contributed by atoms with E-state index in [2.05, 4.69) is 46.1 Å². The molecule has 1 aliphatic heterocycles. The van der Waals surface area contributed by atoms with Crippen molar-refractivity contribution >= 4 is 5.91 Å². The maximum absolute atomic E-state index is 12.3. The number of carbonyl (C=O) groups is 1. The predicted octanol–water partition coefficient (Wildman–Crippen LogP) is 2.72. The average molecular weight is 337 g/mol. The van der Waals surface area contributed by atoms with Crippen LogP contribution < -0.4 is 15.6 Å². The quantitative estimate of drug-likeness (QED) is 0.796. The molecule has 0 aliphatic carbocycles. The minimum absolute atomic E-state index is 0.204. The van der Waals surface area contributed by atoms with E-state index in [4.69, 9.17) is 4.74 Å². The Hall–Kier alpha value is -2.79. The topological polar surface area (TPSA) is 53.6 Å². The van der Waals surface area contributed by atoms with Crippen LogP contribution in [0.5, 0.6) is 5.75 Å². The Morgan fingerprint density at radius 1 is 1.12 bits per heavy atom. The molecule has 0 radical (unpaired) electrons. The normalized spacial score (nSPS) is 14.5. The van der Waals surface area contributed by atoms with Crippen LogP contribution in [0, 0.1) is 0 Å². The van der Waals surface area contributed by atoms with E-state index in [1.54, 1.807) is 19.2 Å². The lowest BCUT2D eigenvalue weighted by atomic mass is 10.1. The van der Waals surface area contributed by atoms with Crippen LogP contribution >= 0.6 is 0 Å². The maximum Gasteiger partial charge on any atom is 0.273 e. The van der Waals surface area contributed by atoms with Crippen LogP contribution in [0.25, 0.3) is 0 Å². The molecule has 1 heterocycles. The fraction of sp³-hybridized carbons (Fsp3) is 0.250. The lowest BCUT2D eigenvalue weighted by molar-refractivity contribution is 0.0934. The molecule has 25 heavy (non-hydrogen) atoms. The molecule has 3 rings (SSSR count). The van der Waals surface area contributed by atoms with Crippen LogP contribution in [0.3, 0.4) is 0 Å². The molecule has 1 amide bonds. The van der Waals surface area contributed by atoms with Crippen molar-refractivity contribution < 1.29 is 9.53 Å². The van der Waals surface area contributed by atoms with Gasteiger partial charge < -0.3 is 10.2 Å². The molecule has 0 fully saturated rings. The molecule has 0 bridgehead atoms. The van der Waals surface area contributed by atoms with Gasteiger partial charge in [0.15, 0.2) is 0 Å². The summed E-state index contributed by atoms with van der Waals surface area (Å²) in [5, 5.41) is 0. The highest BCUT2D eigenvalue weighted by Crippen LogP contribution is 2.17. The summed E-state index contributed by atoms with van der Waals surface area (Å²) in [6.07, 6.45) is 2.99. The summed E-state index contributed by atoms with van der Waals surface area (Å²) in [5.74, 6) is 0.360. The summed E-state index contributed by atoms with van der Waals surface area (Å²) in [6.45, 7) is 2.76. The lowest BCUT2D eigenvalue weighted by Gasteiger charge is -2.27. The van der Waals surface area contributed by atoms with E-state index in [0.717, 1.165) is 31.8 Å². The number of hydrogen-bond acceptors (Lipinski definition) is 4. The van der Waals surface area contributed by atoms with Crippen molar-refractivity contribution in [2.75, 3.05) is 20.2 Å². The van der Waals surface area contributed by atoms with Crippen molar-refractivity contribution in [2.45, 2.75) is 13.0 Å². The Labute approximate surface area is 148 Å². The summed E-state index contributed by atoms with van der Waals surface area (Å²) >= 11 is 0. The maximum atomic E-state index is 12.3. The second-order valence-corrected chi connectivity index (χ2v) is 5.98. The van der Waals surface area contributed by atoms with Gasteiger partial charge in [0.1, 0.15) is 5.75 Å². The number of ether oxygens (including phenoxy) is 1. The molecule has 0 saturated carbocycles. The molecule has 2 N–H and O–H groups in total. The first-order chi connectivity index (χ1) is 12.3. The summed E-state index contributed by atoms with van der Waals surface area (Å²) in [6, 6.07) is 17.6. The Kier molecular flexibility index (Phi) is 5.69. The third kappa shape index (κ3) is 4.61. The van der Waals surface area contributed by atoms with Gasteiger partial charge in [0.2, 0.25) is 0 Å². The highest BCUT2D eigenvalue weighted by Gasteiger charge is 2.14. The van der Waals surface area contributed by atoms with E-state index < -0.39 is 0 Å². The van der Waals surface area contributed by atoms with Crippen LogP contribution in [-0.4, -0.2) is 31.0 Å². The molecule has 0 aromatic heterocycles. The third-order valence-electron chi connectivity index (χ3n) is 4.23. The van der Waals surface area contributed by atoms with Crippen LogP contribution in [-0.2, 0) is 6.54 Å². The van der Waals surface area contributed by atoms with Crippen molar-refractivity contribution in [3.05, 3.63) is 77.5 Å². The molecule has 2 aromatic rings. The van der Waals surface area contributed by atoms with Gasteiger partial charge in [-0.2, -0.15) is 0 Å². The number of para-hydroxylation sites is 1. The smallest absolute Gasteiger partial charge is 0.273 e. The van der Waals surface area contributed by atoms with Gasteiger partial charge in [0, 0.05) is 31.8 Å². The average Bonchev–Trinajstić information content (AvgIpc) is 2.68. The van der Waals surface area contributed by atoms with E-state index in [1.165, 1.54) is 5.56 Å². The molecular formula is C20H23N3O2. The zero-order valence-electron chi connectivity index (χ0n) is 14.4. The number of hydrogen-bond donors (Lipinski definition) is 2. The number of nitrogens with zero attached hydrogens (tertiary/aromatic N) is 1. The Balaban J connectivity index is 1.50. The molecule has 0 unspecified atom stereocenters. The third-order valence-corrected chi connectivity index (χ3v) is 4.23. The van der Waals surface area contributed by atoms with Crippen LogP contribution in [0.2, 0.25) is 0 Å². The fourth-order valence-corrected chi connectivity index (χ4v) is 2.85. The van der Waals surface area contributed by atoms with Crippen molar-refractivity contribution in [1.29, 1.82) is 0 Å². The molecule has 130 valence electrons. The highest BCUT2D eigenvalue weighted by molar-refractivity contribution is 5.96. The van der Waals surface area contributed by atoms with Crippen molar-refractivity contribution in [3.8, 4) is 5.75 Å². The van der Waals surface area contributed by atoms with Gasteiger partial charge in [-0.15, -0.1) is 0 Å². The SMILES string of the molecule is COc1ccccc1C(=O)NNC1=CCN(Cc2ccccc2)CC1. The first-order valence-electron chi connectivity index (χ1n) is 8.41. The number of benzene rings is 2. The zero-order chi connectivity index (χ0) is 17.5. The molecular weight excluding hydrogens is 314 g/mol. The van der Waals surface area contributed by atoms with Crippen LogP contribution in [0.1, 0.15) is 22.3 Å². The number of nitrogens with one attached hydrogen (secondary N) is 2. The van der Waals surface area contributed by atoms with Crippen molar-refractivity contribution in [2.24, 2.45) is 0 Å². The minimum atomic E-state index is -0.204. The van der Waals surface area contributed by atoms with Gasteiger partial charge in [-0.25, -0.2) is 0 Å². The van der Waals surface area contributed by atoms with Crippen molar-refractivity contribution in [1.82, 2.24) is 15.8 Å².